The van der Waals surface area contributed by atoms with Crippen molar-refractivity contribution in [2.24, 2.45) is 4.36 Å². The number of aliphatic hydroxyl groups is 1. The summed E-state index contributed by atoms with van der Waals surface area (Å²) in [5.41, 5.74) is 0.344. The molecular formula is C18H23F2N3O4S2. The lowest BCUT2D eigenvalue weighted by Crippen LogP contribution is -2.12. The van der Waals surface area contributed by atoms with Crippen LogP contribution in [0.1, 0.15) is 49.6 Å². The van der Waals surface area contributed by atoms with Gasteiger partial charge in [-0.05, 0) is 49.9 Å². The zero-order valence-corrected chi connectivity index (χ0v) is 18.3. The molecule has 0 aliphatic carbocycles. The molecule has 2 amide bonds. The minimum atomic E-state index is -2.96. The van der Waals surface area contributed by atoms with Gasteiger partial charge < -0.3 is 15.2 Å². The van der Waals surface area contributed by atoms with Gasteiger partial charge in [-0.3, -0.25) is 0 Å². The molecule has 0 radical (unpaired) electrons. The number of halogens is 2. The Morgan fingerprint density at radius 3 is 2.55 bits per heavy atom. The third-order valence-electron chi connectivity index (χ3n) is 3.86. The van der Waals surface area contributed by atoms with Crippen LogP contribution in [0.2, 0.25) is 0 Å². The normalized spacial score (nSPS) is 13.2. The quantitative estimate of drug-likeness (QED) is 0.559. The van der Waals surface area contributed by atoms with Gasteiger partial charge in [-0.1, -0.05) is 13.8 Å². The minimum Gasteiger partial charge on any atom is -0.435 e. The van der Waals surface area contributed by atoms with E-state index in [-0.39, 0.29) is 16.0 Å². The van der Waals surface area contributed by atoms with E-state index in [9.17, 15) is 22.9 Å². The number of rotatable bonds is 6. The molecule has 11 heteroatoms. The van der Waals surface area contributed by atoms with E-state index in [1.165, 1.54) is 18.3 Å². The first kappa shape index (κ1) is 23.2. The summed E-state index contributed by atoms with van der Waals surface area (Å²) >= 11 is 1.01. The zero-order chi connectivity index (χ0) is 21.9. The molecular weight excluding hydrogens is 424 g/mol. The monoisotopic (exact) mass is 447 g/mol. The van der Waals surface area contributed by atoms with Crippen molar-refractivity contribution >= 4 is 33.7 Å². The third-order valence-corrected chi connectivity index (χ3v) is 6.52. The number of thiol groups is 1. The van der Waals surface area contributed by atoms with Crippen LogP contribution < -0.4 is 10.1 Å². The van der Waals surface area contributed by atoms with Crippen LogP contribution in [-0.2, 0) is 16.2 Å². The lowest BCUT2D eigenvalue weighted by atomic mass is 9.97. The van der Waals surface area contributed by atoms with Crippen LogP contribution in [0.25, 0.3) is 0 Å². The smallest absolute Gasteiger partial charge is 0.387 e. The molecule has 1 heterocycles. The average Bonchev–Trinajstić information content (AvgIpc) is 3.06. The van der Waals surface area contributed by atoms with E-state index in [1.54, 1.807) is 20.8 Å². The van der Waals surface area contributed by atoms with Crippen molar-refractivity contribution in [2.45, 2.75) is 57.1 Å². The summed E-state index contributed by atoms with van der Waals surface area (Å²) in [6.45, 7) is 5.48. The number of aromatic nitrogens is 1. The van der Waals surface area contributed by atoms with Crippen molar-refractivity contribution in [3.8, 4) is 5.75 Å². The number of aryl methyl sites for hydroxylation is 1. The molecule has 0 fully saturated rings. The van der Waals surface area contributed by atoms with Crippen molar-refractivity contribution in [3.05, 3.63) is 34.3 Å². The van der Waals surface area contributed by atoms with E-state index in [0.717, 1.165) is 11.3 Å². The Kier molecular flexibility index (Phi) is 7.30. The largest absolute Gasteiger partial charge is 0.435 e. The third kappa shape index (κ3) is 6.18. The summed E-state index contributed by atoms with van der Waals surface area (Å²) in [6.07, 6.45) is 1.39. The van der Waals surface area contributed by atoms with Gasteiger partial charge in [0.05, 0.1) is 10.5 Å². The van der Waals surface area contributed by atoms with Crippen LogP contribution in [0.3, 0.4) is 0 Å². The van der Waals surface area contributed by atoms with Crippen molar-refractivity contribution in [2.75, 3.05) is 5.32 Å². The Balaban J connectivity index is 2.28. The molecule has 2 N–H and O–H groups in total. The molecule has 29 heavy (non-hydrogen) atoms. The molecule has 0 aliphatic heterocycles. The van der Waals surface area contributed by atoms with Gasteiger partial charge in [0.15, 0.2) is 4.34 Å². The summed E-state index contributed by atoms with van der Waals surface area (Å²) in [5, 5.41) is 12.5. The number of carbonyl (C=O) groups excluding carboxylic acids is 1. The Morgan fingerprint density at radius 2 is 2.03 bits per heavy atom. The van der Waals surface area contributed by atoms with E-state index in [0.29, 0.717) is 21.7 Å². The second-order valence-corrected chi connectivity index (χ2v) is 9.61. The Morgan fingerprint density at radius 1 is 1.38 bits per heavy atom. The highest BCUT2D eigenvalue weighted by Crippen LogP contribution is 2.33. The van der Waals surface area contributed by atoms with Gasteiger partial charge in [0.1, 0.15) is 16.3 Å². The van der Waals surface area contributed by atoms with Crippen LogP contribution in [0, 0.1) is 6.92 Å². The highest BCUT2D eigenvalue weighted by molar-refractivity contribution is 7.77. The second-order valence-electron chi connectivity index (χ2n) is 7.11. The van der Waals surface area contributed by atoms with E-state index in [1.807, 2.05) is 13.8 Å². The molecule has 2 rings (SSSR count). The number of nitrogens with one attached hydrogen (secondary N) is 1. The van der Waals surface area contributed by atoms with Gasteiger partial charge in [-0.15, -0.1) is 15.7 Å². The molecule has 2 aromatic rings. The van der Waals surface area contributed by atoms with Crippen LogP contribution >= 0.6 is 11.3 Å². The van der Waals surface area contributed by atoms with Gasteiger partial charge in [-0.2, -0.15) is 8.78 Å². The van der Waals surface area contributed by atoms with E-state index >= 15 is 0 Å². The summed E-state index contributed by atoms with van der Waals surface area (Å²) in [7, 11) is -2.45. The van der Waals surface area contributed by atoms with E-state index in [2.05, 4.69) is 19.4 Å². The zero-order valence-electron chi connectivity index (χ0n) is 16.6. The number of thiazole rings is 1. The summed E-state index contributed by atoms with van der Waals surface area (Å²) in [5.74, 6) is -0.114. The van der Waals surface area contributed by atoms with Crippen molar-refractivity contribution in [1.82, 2.24) is 4.98 Å². The summed E-state index contributed by atoms with van der Waals surface area (Å²) in [6, 6.07) is 1.96. The molecule has 1 aromatic heterocycles. The van der Waals surface area contributed by atoms with Crippen molar-refractivity contribution in [1.29, 1.82) is 0 Å². The van der Waals surface area contributed by atoms with Crippen LogP contribution in [0.4, 0.5) is 19.3 Å². The van der Waals surface area contributed by atoms with Gasteiger partial charge >= 0.3 is 12.6 Å². The predicted molar refractivity (Wildman–Crippen MR) is 109 cm³/mol. The molecule has 0 saturated carbocycles. The number of nitrogens with zero attached hydrogens (tertiary/aromatic N) is 2. The average molecular weight is 448 g/mol. The fourth-order valence-electron chi connectivity index (χ4n) is 2.47. The maximum Gasteiger partial charge on any atom is 0.387 e. The number of urea groups is 1. The summed E-state index contributed by atoms with van der Waals surface area (Å²) < 4.78 is 45.6. The molecule has 1 aromatic carbocycles. The molecule has 0 spiro atoms. The number of alkyl halides is 2. The first-order valence-electron chi connectivity index (χ1n) is 8.66. The number of benzene rings is 1. The second kappa shape index (κ2) is 9.14. The molecule has 160 valence electrons. The standard InChI is InChI=1S/C18H23F2N3O4S2/c1-9(2)12-7-11(27-15(19)20)6-10(3)14(12)22-16(24)23-29(26)17-21-8-13(28-17)18(4,5)25/h6-9,15,25,29H,1-5H3,(H,22,24). The predicted octanol–water partition coefficient (Wildman–Crippen LogP) is 4.66. The Labute approximate surface area is 173 Å². The van der Waals surface area contributed by atoms with Crippen LogP contribution in [0.15, 0.2) is 27.0 Å². The van der Waals surface area contributed by atoms with Crippen LogP contribution in [-0.4, -0.2) is 26.9 Å². The number of ether oxygens (including phenoxy) is 1. The van der Waals surface area contributed by atoms with E-state index in [4.69, 9.17) is 0 Å². The fraction of sp³-hybridized carbons (Fsp3) is 0.444. The molecule has 0 aliphatic rings. The maximum absolute atomic E-state index is 12.5. The number of carbonyl (C=O) groups is 1. The van der Waals surface area contributed by atoms with Gasteiger partial charge in [0.25, 0.3) is 0 Å². The van der Waals surface area contributed by atoms with Gasteiger partial charge in [0, 0.05) is 11.9 Å². The molecule has 0 saturated heterocycles. The number of hydrogen-bond acceptors (Lipinski definition) is 6. The topological polar surface area (TPSA) is 101 Å². The van der Waals surface area contributed by atoms with Gasteiger partial charge in [0.2, 0.25) is 0 Å². The first-order chi connectivity index (χ1) is 13.4. The first-order valence-corrected chi connectivity index (χ1v) is 10.7. The minimum absolute atomic E-state index is 0.0100. The molecule has 0 bridgehead atoms. The highest BCUT2D eigenvalue weighted by Gasteiger charge is 2.20. The SMILES string of the molecule is Cc1cc(OC(F)F)cc(C(C)C)c1NC(=O)N=[SH](=O)c1ncc(C(C)(C)O)s1. The number of anilines is 1. The fourth-order valence-corrected chi connectivity index (χ4v) is 4.31. The lowest BCUT2D eigenvalue weighted by molar-refractivity contribution is -0.0499. The van der Waals surface area contributed by atoms with Crippen molar-refractivity contribution in [3.63, 3.8) is 0 Å². The Hall–Kier alpha value is -2.11. The molecule has 1 unspecified atom stereocenters. The van der Waals surface area contributed by atoms with Crippen LogP contribution in [0.5, 0.6) is 5.75 Å². The lowest BCUT2D eigenvalue weighted by Gasteiger charge is -2.17. The Bertz CT molecular complexity index is 978. The number of hydrogen-bond donors (Lipinski definition) is 3. The molecule has 1 atom stereocenters. The highest BCUT2D eigenvalue weighted by atomic mass is 32.2. The van der Waals surface area contributed by atoms with Gasteiger partial charge in [-0.25, -0.2) is 14.0 Å². The van der Waals surface area contributed by atoms with E-state index < -0.39 is 28.8 Å². The maximum atomic E-state index is 12.5. The molecule has 7 nitrogen and oxygen atoms in total. The summed E-state index contributed by atoms with van der Waals surface area (Å²) in [4.78, 5) is 16.8. The number of amides is 2. The van der Waals surface area contributed by atoms with Crippen molar-refractivity contribution < 1.29 is 27.6 Å².